The first-order valence-electron chi connectivity index (χ1n) is 6.84. The van der Waals surface area contributed by atoms with Crippen molar-refractivity contribution in [2.45, 2.75) is 25.4 Å². The molecule has 2 heterocycles. The third-order valence-electron chi connectivity index (χ3n) is 4.10. The molecule has 1 fully saturated rings. The molecule has 0 saturated carbocycles. The van der Waals surface area contributed by atoms with Gasteiger partial charge in [-0.25, -0.2) is 4.79 Å². The van der Waals surface area contributed by atoms with E-state index in [4.69, 9.17) is 4.74 Å². The molecule has 2 aliphatic rings. The van der Waals surface area contributed by atoms with Gasteiger partial charge in [-0.05, 0) is 17.5 Å². The SMILES string of the molecule is O=C(O)[C@H]1Cc2ccccc2CN1C(=O)C1CCOC1. The molecule has 1 aromatic rings. The highest BCUT2D eigenvalue weighted by Crippen LogP contribution is 2.26. The Hall–Kier alpha value is -1.88. The highest BCUT2D eigenvalue weighted by Gasteiger charge is 2.38. The van der Waals surface area contributed by atoms with Gasteiger partial charge >= 0.3 is 5.97 Å². The van der Waals surface area contributed by atoms with Crippen molar-refractivity contribution < 1.29 is 19.4 Å². The van der Waals surface area contributed by atoms with E-state index in [1.807, 2.05) is 24.3 Å². The van der Waals surface area contributed by atoms with Gasteiger partial charge in [0.1, 0.15) is 6.04 Å². The largest absolute Gasteiger partial charge is 0.480 e. The monoisotopic (exact) mass is 275 g/mol. The van der Waals surface area contributed by atoms with Crippen LogP contribution in [0.3, 0.4) is 0 Å². The number of ether oxygens (including phenoxy) is 1. The molecule has 0 aromatic heterocycles. The number of rotatable bonds is 2. The Kier molecular flexibility index (Phi) is 3.44. The Balaban J connectivity index is 1.88. The van der Waals surface area contributed by atoms with Crippen LogP contribution >= 0.6 is 0 Å². The number of carboxylic acids is 1. The summed E-state index contributed by atoms with van der Waals surface area (Å²) in [6, 6.07) is 6.95. The van der Waals surface area contributed by atoms with Crippen molar-refractivity contribution >= 4 is 11.9 Å². The minimum atomic E-state index is -0.938. The fourth-order valence-electron chi connectivity index (χ4n) is 2.94. The summed E-state index contributed by atoms with van der Waals surface area (Å²) in [5, 5.41) is 9.40. The van der Waals surface area contributed by atoms with Gasteiger partial charge in [0.25, 0.3) is 0 Å². The van der Waals surface area contributed by atoms with E-state index >= 15 is 0 Å². The second kappa shape index (κ2) is 5.25. The average molecular weight is 275 g/mol. The Morgan fingerprint density at radius 3 is 2.65 bits per heavy atom. The molecule has 0 bridgehead atoms. The van der Waals surface area contributed by atoms with Gasteiger partial charge in [-0.15, -0.1) is 0 Å². The van der Waals surface area contributed by atoms with Crippen LogP contribution in [-0.4, -0.2) is 41.1 Å². The lowest BCUT2D eigenvalue weighted by molar-refractivity contribution is -0.153. The summed E-state index contributed by atoms with van der Waals surface area (Å²) in [5.74, 6) is -1.22. The van der Waals surface area contributed by atoms with E-state index in [9.17, 15) is 14.7 Å². The molecule has 5 heteroatoms. The smallest absolute Gasteiger partial charge is 0.326 e. The summed E-state index contributed by atoms with van der Waals surface area (Å²) in [5.41, 5.74) is 2.06. The minimum Gasteiger partial charge on any atom is -0.480 e. The summed E-state index contributed by atoms with van der Waals surface area (Å²) < 4.78 is 5.24. The zero-order chi connectivity index (χ0) is 14.1. The van der Waals surface area contributed by atoms with E-state index in [1.165, 1.54) is 4.90 Å². The Morgan fingerprint density at radius 2 is 2.00 bits per heavy atom. The van der Waals surface area contributed by atoms with Crippen LogP contribution in [-0.2, 0) is 27.3 Å². The predicted octanol–water partition coefficient (Wildman–Crippen LogP) is 1.06. The van der Waals surface area contributed by atoms with Crippen LogP contribution in [0, 0.1) is 5.92 Å². The van der Waals surface area contributed by atoms with Crippen LogP contribution < -0.4 is 0 Å². The average Bonchev–Trinajstić information content (AvgIpc) is 2.99. The molecule has 1 amide bonds. The number of carbonyl (C=O) groups is 2. The second-order valence-electron chi connectivity index (χ2n) is 5.35. The van der Waals surface area contributed by atoms with E-state index in [0.29, 0.717) is 32.6 Å². The van der Waals surface area contributed by atoms with Crippen LogP contribution in [0.15, 0.2) is 24.3 Å². The fourth-order valence-corrected chi connectivity index (χ4v) is 2.94. The number of fused-ring (bicyclic) bond motifs is 1. The molecule has 1 saturated heterocycles. The number of benzene rings is 1. The lowest BCUT2D eigenvalue weighted by atomic mass is 9.92. The molecule has 0 radical (unpaired) electrons. The standard InChI is InChI=1S/C15H17NO4/c17-14(12-5-6-20-9-12)16-8-11-4-2-1-3-10(11)7-13(16)15(18)19/h1-4,12-13H,5-9H2,(H,18,19)/t12?,13-/m1/s1. The van der Waals surface area contributed by atoms with Crippen LogP contribution in [0.25, 0.3) is 0 Å². The van der Waals surface area contributed by atoms with E-state index < -0.39 is 12.0 Å². The number of amides is 1. The summed E-state index contributed by atoms with van der Waals surface area (Å²) in [6.45, 7) is 1.37. The fraction of sp³-hybridized carbons (Fsp3) is 0.467. The van der Waals surface area contributed by atoms with Crippen LogP contribution in [0.1, 0.15) is 17.5 Å². The summed E-state index contributed by atoms with van der Waals surface area (Å²) >= 11 is 0. The van der Waals surface area contributed by atoms with Crippen LogP contribution in [0.5, 0.6) is 0 Å². The van der Waals surface area contributed by atoms with Crippen molar-refractivity contribution in [3.63, 3.8) is 0 Å². The molecule has 1 unspecified atom stereocenters. The van der Waals surface area contributed by atoms with Gasteiger partial charge in [0.15, 0.2) is 0 Å². The lowest BCUT2D eigenvalue weighted by Gasteiger charge is -2.35. The quantitative estimate of drug-likeness (QED) is 0.876. The molecule has 2 aliphatic heterocycles. The third kappa shape index (κ3) is 2.29. The lowest BCUT2D eigenvalue weighted by Crippen LogP contribution is -2.50. The molecule has 2 atom stereocenters. The Morgan fingerprint density at radius 1 is 1.25 bits per heavy atom. The first-order valence-corrected chi connectivity index (χ1v) is 6.84. The molecule has 1 aromatic carbocycles. The maximum atomic E-state index is 12.5. The summed E-state index contributed by atoms with van der Waals surface area (Å²) in [4.78, 5) is 25.5. The van der Waals surface area contributed by atoms with Gasteiger partial charge in [0.2, 0.25) is 5.91 Å². The maximum absolute atomic E-state index is 12.5. The highest BCUT2D eigenvalue weighted by molar-refractivity contribution is 5.86. The number of nitrogens with zero attached hydrogens (tertiary/aromatic N) is 1. The number of aliphatic carboxylic acids is 1. The first-order chi connectivity index (χ1) is 9.66. The van der Waals surface area contributed by atoms with Gasteiger partial charge in [-0.2, -0.15) is 0 Å². The zero-order valence-electron chi connectivity index (χ0n) is 11.1. The third-order valence-corrected chi connectivity index (χ3v) is 4.10. The number of hydrogen-bond acceptors (Lipinski definition) is 3. The molecule has 3 rings (SSSR count). The molecule has 0 spiro atoms. The van der Waals surface area contributed by atoms with Crippen LogP contribution in [0.4, 0.5) is 0 Å². The van der Waals surface area contributed by atoms with Crippen molar-refractivity contribution in [3.05, 3.63) is 35.4 Å². The number of carbonyl (C=O) groups excluding carboxylic acids is 1. The topological polar surface area (TPSA) is 66.8 Å². The van der Waals surface area contributed by atoms with Gasteiger partial charge in [-0.1, -0.05) is 24.3 Å². The molecule has 1 N–H and O–H groups in total. The van der Waals surface area contributed by atoms with Crippen molar-refractivity contribution in [1.29, 1.82) is 0 Å². The molecular formula is C15H17NO4. The minimum absolute atomic E-state index is 0.0931. The summed E-state index contributed by atoms with van der Waals surface area (Å²) in [7, 11) is 0. The zero-order valence-corrected chi connectivity index (χ0v) is 11.1. The summed E-state index contributed by atoms with van der Waals surface area (Å²) in [6.07, 6.45) is 1.06. The van der Waals surface area contributed by atoms with Gasteiger partial charge < -0.3 is 14.7 Å². The molecular weight excluding hydrogens is 258 g/mol. The van der Waals surface area contributed by atoms with Gasteiger partial charge in [0, 0.05) is 19.6 Å². The molecule has 20 heavy (non-hydrogen) atoms. The molecule has 5 nitrogen and oxygen atoms in total. The van der Waals surface area contributed by atoms with E-state index in [1.54, 1.807) is 0 Å². The van der Waals surface area contributed by atoms with E-state index in [2.05, 4.69) is 0 Å². The normalized spacial score (nSPS) is 25.3. The molecule has 0 aliphatic carbocycles. The van der Waals surface area contributed by atoms with Crippen molar-refractivity contribution in [2.75, 3.05) is 13.2 Å². The maximum Gasteiger partial charge on any atom is 0.326 e. The van der Waals surface area contributed by atoms with Crippen LogP contribution in [0.2, 0.25) is 0 Å². The van der Waals surface area contributed by atoms with E-state index in [0.717, 1.165) is 11.1 Å². The first kappa shape index (κ1) is 13.1. The molecule has 106 valence electrons. The van der Waals surface area contributed by atoms with E-state index in [-0.39, 0.29) is 11.8 Å². The Labute approximate surface area is 117 Å². The number of hydrogen-bond donors (Lipinski definition) is 1. The second-order valence-corrected chi connectivity index (χ2v) is 5.35. The highest BCUT2D eigenvalue weighted by atomic mass is 16.5. The van der Waals surface area contributed by atoms with Gasteiger partial charge in [0.05, 0.1) is 12.5 Å². The Bertz CT molecular complexity index is 536. The predicted molar refractivity (Wildman–Crippen MR) is 71.0 cm³/mol. The van der Waals surface area contributed by atoms with Gasteiger partial charge in [-0.3, -0.25) is 4.79 Å². The van der Waals surface area contributed by atoms with Crippen molar-refractivity contribution in [2.24, 2.45) is 5.92 Å². The number of carboxylic acid groups (broad SMARTS) is 1. The van der Waals surface area contributed by atoms with Crippen molar-refractivity contribution in [1.82, 2.24) is 4.90 Å². The van der Waals surface area contributed by atoms with Crippen molar-refractivity contribution in [3.8, 4) is 0 Å².